The Hall–Kier alpha value is -1.01. The van der Waals surface area contributed by atoms with Gasteiger partial charge in [0.25, 0.3) is 0 Å². The molecule has 1 aromatic carbocycles. The highest BCUT2D eigenvalue weighted by Crippen LogP contribution is 2.24. The summed E-state index contributed by atoms with van der Waals surface area (Å²) in [5.74, 6) is -1.37. The third kappa shape index (κ3) is 4.35. The molecular weight excluding hydrogens is 238 g/mol. The fourth-order valence-corrected chi connectivity index (χ4v) is 0.869. The van der Waals surface area contributed by atoms with Crippen LogP contribution in [0.2, 0.25) is 2.82 Å². The summed E-state index contributed by atoms with van der Waals surface area (Å²) in [5, 5.41) is 0. The highest BCUT2D eigenvalue weighted by Gasteiger charge is 2.31. The third-order valence-electron chi connectivity index (χ3n) is 1.42. The first kappa shape index (κ1) is 10.5. The Morgan fingerprint density at radius 3 is 2.60 bits per heavy atom. The smallest absolute Gasteiger partial charge is 0.406 e. The van der Waals surface area contributed by atoms with Gasteiger partial charge < -0.3 is 10.5 Å². The second-order valence-electron chi connectivity index (χ2n) is 2.46. The highest BCUT2D eigenvalue weighted by atomic mass is 35.5. The van der Waals surface area contributed by atoms with Gasteiger partial charge in [0.15, 0.2) is 0 Å². The maximum Gasteiger partial charge on any atom is 0.573 e. The number of hydrogen-bond acceptors (Lipinski definition) is 2. The number of ether oxygens (including phenoxy) is 1. The minimum atomic E-state index is -4.85. The van der Waals surface area contributed by atoms with Crippen LogP contribution in [0, 0.1) is 5.82 Å². The van der Waals surface area contributed by atoms with E-state index in [1.54, 1.807) is 0 Å². The number of nitrogens with two attached hydrogens (primary N) is 1. The monoisotopic (exact) mass is 247 g/mol. The van der Waals surface area contributed by atoms with Crippen molar-refractivity contribution in [1.82, 2.24) is 0 Å². The summed E-state index contributed by atoms with van der Waals surface area (Å²) >= 11 is 0. The third-order valence-corrected chi connectivity index (χ3v) is 1.42. The number of rotatable bonds is 3. The van der Waals surface area contributed by atoms with Crippen molar-refractivity contribution in [1.29, 1.82) is 0 Å². The van der Waals surface area contributed by atoms with E-state index in [-0.39, 0.29) is 23.7 Å². The molecule has 0 saturated heterocycles. The topological polar surface area (TPSA) is 35.2 Å². The number of benzene rings is 1. The van der Waals surface area contributed by atoms with E-state index in [0.717, 1.165) is 18.2 Å². The Kier molecular flexibility index (Phi) is 3.63. The van der Waals surface area contributed by atoms with Gasteiger partial charge in [-0.3, -0.25) is 0 Å². The maximum absolute atomic E-state index is 13.0. The molecule has 0 unspecified atom stereocenters. The molecule has 15 heavy (non-hydrogen) atoms. The fraction of sp³-hybridized carbons (Fsp3) is 0.250. The molecule has 7 heteroatoms. The van der Waals surface area contributed by atoms with Gasteiger partial charge in [0.05, 0.1) is 0 Å². The van der Waals surface area contributed by atoms with Crippen LogP contribution in [0.25, 0.3) is 0 Å². The summed E-state index contributed by atoms with van der Waals surface area (Å²) in [6, 6.07) is 2.42. The van der Waals surface area contributed by atoms with Gasteiger partial charge >= 0.3 is 6.36 Å². The predicted molar refractivity (Wildman–Crippen MR) is 48.2 cm³/mol. The SMILES string of the molecule is Cl.[2H]N([2H])Cc1cc(OC(F)(F)F)ccc1F. The summed E-state index contributed by atoms with van der Waals surface area (Å²) in [6.45, 7) is -0.457. The van der Waals surface area contributed by atoms with E-state index in [9.17, 15) is 17.6 Å². The zero-order valence-electron chi connectivity index (χ0n) is 9.21. The van der Waals surface area contributed by atoms with Gasteiger partial charge in [-0.05, 0) is 18.2 Å². The maximum atomic E-state index is 13.0. The van der Waals surface area contributed by atoms with Crippen molar-refractivity contribution in [3.8, 4) is 5.75 Å². The van der Waals surface area contributed by atoms with Crippen LogP contribution in [0.15, 0.2) is 18.2 Å². The van der Waals surface area contributed by atoms with Crippen molar-refractivity contribution in [3.63, 3.8) is 0 Å². The molecule has 0 aliphatic heterocycles. The molecule has 0 radical (unpaired) electrons. The molecule has 0 fully saturated rings. The predicted octanol–water partition coefficient (Wildman–Crippen LogP) is 2.60. The molecule has 0 aliphatic rings. The van der Waals surface area contributed by atoms with Gasteiger partial charge in [-0.1, -0.05) is 0 Å². The van der Waals surface area contributed by atoms with Gasteiger partial charge in [-0.15, -0.1) is 25.6 Å². The van der Waals surface area contributed by atoms with E-state index >= 15 is 0 Å². The largest absolute Gasteiger partial charge is 0.573 e. The van der Waals surface area contributed by atoms with E-state index in [1.807, 2.05) is 0 Å². The van der Waals surface area contributed by atoms with Crippen LogP contribution in [0.5, 0.6) is 5.75 Å². The van der Waals surface area contributed by atoms with Crippen molar-refractivity contribution in [3.05, 3.63) is 29.6 Å². The van der Waals surface area contributed by atoms with Gasteiger partial charge in [0.2, 0.25) is 0 Å². The molecule has 0 saturated carbocycles. The molecule has 0 amide bonds. The van der Waals surface area contributed by atoms with Gasteiger partial charge in [0.1, 0.15) is 14.4 Å². The number of halogens is 5. The lowest BCUT2D eigenvalue weighted by Crippen LogP contribution is -2.17. The van der Waals surface area contributed by atoms with E-state index in [1.165, 1.54) is 0 Å². The molecule has 0 aliphatic carbocycles. The van der Waals surface area contributed by atoms with Crippen LogP contribution in [-0.4, -0.2) is 6.36 Å². The second-order valence-corrected chi connectivity index (χ2v) is 2.46. The van der Waals surface area contributed by atoms with E-state index in [2.05, 4.69) is 4.74 Å². The molecule has 0 aromatic heterocycles. The van der Waals surface area contributed by atoms with Crippen molar-refractivity contribution in [2.75, 3.05) is 0 Å². The van der Waals surface area contributed by atoms with Crippen LogP contribution in [0.3, 0.4) is 0 Å². The van der Waals surface area contributed by atoms with Crippen molar-refractivity contribution >= 4 is 12.4 Å². The first-order valence-corrected chi connectivity index (χ1v) is 3.57. The van der Waals surface area contributed by atoms with Crippen molar-refractivity contribution < 1.29 is 25.1 Å². The van der Waals surface area contributed by atoms with Crippen LogP contribution < -0.4 is 10.5 Å². The molecule has 0 spiro atoms. The summed E-state index contributed by atoms with van der Waals surface area (Å²) in [5.41, 5.74) is -0.0674. The lowest BCUT2D eigenvalue weighted by molar-refractivity contribution is -0.274. The van der Waals surface area contributed by atoms with Crippen molar-refractivity contribution in [2.45, 2.75) is 12.9 Å². The Labute approximate surface area is 92.4 Å². The Bertz CT molecular complexity index is 375. The zero-order chi connectivity index (χ0) is 12.3. The summed E-state index contributed by atoms with van der Waals surface area (Å²) in [7, 11) is 0. The Morgan fingerprint density at radius 1 is 1.40 bits per heavy atom. The molecule has 1 rings (SSSR count). The van der Waals surface area contributed by atoms with Crippen LogP contribution in [0.1, 0.15) is 5.56 Å². The van der Waals surface area contributed by atoms with Crippen molar-refractivity contribution in [2.24, 2.45) is 5.72 Å². The average Bonchev–Trinajstić information content (AvgIpc) is 2.07. The lowest BCUT2D eigenvalue weighted by atomic mass is 10.2. The molecule has 86 valence electrons. The highest BCUT2D eigenvalue weighted by molar-refractivity contribution is 5.85. The molecule has 2 nitrogen and oxygen atoms in total. The minimum Gasteiger partial charge on any atom is -0.406 e. The number of alkyl halides is 3. The van der Waals surface area contributed by atoms with Gasteiger partial charge in [0, 0.05) is 12.1 Å². The quantitative estimate of drug-likeness (QED) is 0.834. The minimum absolute atomic E-state index is 0. The first-order valence-electron chi connectivity index (χ1n) is 4.47. The summed E-state index contributed by atoms with van der Waals surface area (Å²) < 4.78 is 65.6. The number of hydrogen-bond donors (Lipinski definition) is 1. The van der Waals surface area contributed by atoms with Gasteiger partial charge in [-0.2, -0.15) is 0 Å². The molecule has 0 heterocycles. The molecule has 0 bridgehead atoms. The van der Waals surface area contributed by atoms with E-state index < -0.39 is 24.5 Å². The standard InChI is InChI=1S/C8H7F4NO.ClH/c9-7-2-1-6(3-5(7)4-13)14-8(10,11)12;/h1-3H,4,13H2;1H/i/hD2. The molecular formula is C8H8ClF4NO. The van der Waals surface area contributed by atoms with E-state index in [0.29, 0.717) is 0 Å². The average molecular weight is 248 g/mol. The first-order chi connectivity index (χ1) is 7.28. The normalized spacial score (nSPS) is 12.9. The van der Waals surface area contributed by atoms with Gasteiger partial charge in [-0.25, -0.2) is 4.39 Å². The summed E-state index contributed by atoms with van der Waals surface area (Å²) in [6.07, 6.45) is -4.85. The fourth-order valence-electron chi connectivity index (χ4n) is 0.869. The Balaban J connectivity index is 0.00000256. The molecule has 0 atom stereocenters. The van der Waals surface area contributed by atoms with E-state index in [4.69, 9.17) is 2.82 Å². The Morgan fingerprint density at radius 2 is 2.07 bits per heavy atom. The molecule has 2 N–H and O–H groups in total. The second kappa shape index (κ2) is 5.18. The summed E-state index contributed by atoms with van der Waals surface area (Å²) in [4.78, 5) is 0. The lowest BCUT2D eigenvalue weighted by Gasteiger charge is -2.09. The van der Waals surface area contributed by atoms with Crippen LogP contribution in [0.4, 0.5) is 17.6 Å². The zero-order valence-corrected chi connectivity index (χ0v) is 8.03. The van der Waals surface area contributed by atoms with Crippen LogP contribution in [-0.2, 0) is 6.54 Å². The molecule has 1 aromatic rings. The van der Waals surface area contributed by atoms with Crippen LogP contribution >= 0.6 is 12.4 Å².